The molecule has 0 spiro atoms. The fourth-order valence-electron chi connectivity index (χ4n) is 4.46. The van der Waals surface area contributed by atoms with Gasteiger partial charge in [0.05, 0.1) is 23.8 Å². The average Bonchev–Trinajstić information content (AvgIpc) is 3.34. The average molecular weight is 395 g/mol. The molecule has 8 nitrogen and oxygen atoms in total. The largest absolute Gasteiger partial charge is 0.355 e. The number of rotatable bonds is 3. The molecule has 1 N–H and O–H groups in total. The molecule has 2 aliphatic rings. The Balaban J connectivity index is 1.28. The first kappa shape index (κ1) is 18.0. The molecule has 0 bridgehead atoms. The third-order valence-electron chi connectivity index (χ3n) is 5.75. The van der Waals surface area contributed by atoms with E-state index in [1.54, 1.807) is 29.9 Å². The van der Waals surface area contributed by atoms with Gasteiger partial charge in [0.2, 0.25) is 0 Å². The number of anilines is 2. The van der Waals surface area contributed by atoms with Gasteiger partial charge in [0, 0.05) is 44.6 Å². The predicted octanol–water partition coefficient (Wildman–Crippen LogP) is 1.82. The molecule has 3 aromatic rings. The zero-order chi connectivity index (χ0) is 20.1. The van der Waals surface area contributed by atoms with Crippen molar-refractivity contribution in [3.63, 3.8) is 0 Å². The molecule has 1 amide bonds. The van der Waals surface area contributed by atoms with Gasteiger partial charge in [-0.25, -0.2) is 19.3 Å². The number of carbonyl (C=O) groups is 1. The lowest BCUT2D eigenvalue weighted by Crippen LogP contribution is -2.27. The Morgan fingerprint density at radius 1 is 1.14 bits per heavy atom. The molecular formula is C20H22FN7O. The Kier molecular flexibility index (Phi) is 4.20. The minimum atomic E-state index is -0.498. The van der Waals surface area contributed by atoms with E-state index in [2.05, 4.69) is 37.1 Å². The highest BCUT2D eigenvalue weighted by Gasteiger charge is 2.39. The first-order chi connectivity index (χ1) is 14.0. The predicted molar refractivity (Wildman–Crippen MR) is 107 cm³/mol. The molecule has 150 valence electrons. The van der Waals surface area contributed by atoms with Crippen molar-refractivity contribution in [1.82, 2.24) is 24.3 Å². The summed E-state index contributed by atoms with van der Waals surface area (Å²) >= 11 is 0. The van der Waals surface area contributed by atoms with Crippen LogP contribution in [-0.2, 0) is 0 Å². The van der Waals surface area contributed by atoms with Crippen LogP contribution in [0.5, 0.6) is 0 Å². The van der Waals surface area contributed by atoms with Crippen LogP contribution < -0.4 is 10.2 Å². The number of hydrogen-bond acceptors (Lipinski definition) is 6. The standard InChI is InChI=1S/C20H22FN7O/c1-12-6-28-11-15(3-16(21)19(28)24-12)25-20(29)17-4-23-18(5-22-17)27-9-13-7-26(2)8-14(13)10-27/h3-6,11,13-14H,7-10H2,1-2H3,(H,25,29). The second kappa shape index (κ2) is 6.77. The van der Waals surface area contributed by atoms with Crippen LogP contribution in [0.4, 0.5) is 15.9 Å². The first-order valence-electron chi connectivity index (χ1n) is 9.68. The highest BCUT2D eigenvalue weighted by Crippen LogP contribution is 2.32. The van der Waals surface area contributed by atoms with Crippen molar-refractivity contribution >= 4 is 23.1 Å². The van der Waals surface area contributed by atoms with Crippen molar-refractivity contribution in [3.8, 4) is 0 Å². The molecule has 3 aromatic heterocycles. The number of amides is 1. The summed E-state index contributed by atoms with van der Waals surface area (Å²) in [7, 11) is 2.16. The van der Waals surface area contributed by atoms with E-state index in [1.807, 2.05) is 0 Å². The van der Waals surface area contributed by atoms with Crippen molar-refractivity contribution in [2.75, 3.05) is 43.4 Å². The molecule has 5 heterocycles. The van der Waals surface area contributed by atoms with Gasteiger partial charge in [-0.3, -0.25) is 4.79 Å². The number of carbonyl (C=O) groups excluding carboxylic acids is 1. The lowest BCUT2D eigenvalue weighted by molar-refractivity contribution is 0.102. The SMILES string of the molecule is Cc1cn2cc(NC(=O)c3cnc(N4CC5CN(C)CC5C4)cn3)cc(F)c2n1. The van der Waals surface area contributed by atoms with Crippen LogP contribution >= 0.6 is 0 Å². The van der Waals surface area contributed by atoms with Gasteiger partial charge in [-0.05, 0) is 25.8 Å². The smallest absolute Gasteiger partial charge is 0.275 e. The van der Waals surface area contributed by atoms with Crippen LogP contribution in [0.2, 0.25) is 0 Å². The normalized spacial score (nSPS) is 21.7. The topological polar surface area (TPSA) is 78.7 Å². The van der Waals surface area contributed by atoms with Crippen LogP contribution in [0.25, 0.3) is 5.65 Å². The van der Waals surface area contributed by atoms with Gasteiger partial charge < -0.3 is 19.5 Å². The summed E-state index contributed by atoms with van der Waals surface area (Å²) in [5.74, 6) is 1.20. The van der Waals surface area contributed by atoms with Crippen molar-refractivity contribution in [2.45, 2.75) is 6.92 Å². The van der Waals surface area contributed by atoms with Gasteiger partial charge in [-0.1, -0.05) is 0 Å². The third kappa shape index (κ3) is 3.31. The van der Waals surface area contributed by atoms with Gasteiger partial charge in [0.15, 0.2) is 11.5 Å². The van der Waals surface area contributed by atoms with E-state index in [-0.39, 0.29) is 11.3 Å². The molecule has 0 saturated carbocycles. The van der Waals surface area contributed by atoms with Crippen molar-refractivity contribution in [1.29, 1.82) is 0 Å². The molecule has 29 heavy (non-hydrogen) atoms. The fraction of sp³-hybridized carbons (Fsp3) is 0.400. The molecule has 2 unspecified atom stereocenters. The molecule has 9 heteroatoms. The Labute approximate surface area is 167 Å². The van der Waals surface area contributed by atoms with E-state index >= 15 is 0 Å². The van der Waals surface area contributed by atoms with Gasteiger partial charge in [-0.2, -0.15) is 0 Å². The molecule has 2 fully saturated rings. The lowest BCUT2D eigenvalue weighted by atomic mass is 10.0. The quantitative estimate of drug-likeness (QED) is 0.729. The van der Waals surface area contributed by atoms with E-state index in [9.17, 15) is 9.18 Å². The minimum absolute atomic E-state index is 0.190. The van der Waals surface area contributed by atoms with Gasteiger partial charge >= 0.3 is 0 Å². The maximum atomic E-state index is 14.2. The number of nitrogens with zero attached hydrogens (tertiary/aromatic N) is 6. The summed E-state index contributed by atoms with van der Waals surface area (Å²) in [6.07, 6.45) is 6.44. The molecule has 0 radical (unpaired) electrons. The highest BCUT2D eigenvalue weighted by molar-refractivity contribution is 6.02. The first-order valence-corrected chi connectivity index (χ1v) is 9.68. The number of aryl methyl sites for hydroxylation is 1. The number of nitrogens with one attached hydrogen (secondary N) is 1. The number of imidazole rings is 1. The third-order valence-corrected chi connectivity index (χ3v) is 5.75. The van der Waals surface area contributed by atoms with Gasteiger partial charge in [-0.15, -0.1) is 0 Å². The summed E-state index contributed by atoms with van der Waals surface area (Å²) in [4.78, 5) is 30.0. The summed E-state index contributed by atoms with van der Waals surface area (Å²) in [6, 6.07) is 1.25. The number of hydrogen-bond donors (Lipinski definition) is 1. The van der Waals surface area contributed by atoms with E-state index in [0.717, 1.165) is 32.0 Å². The molecule has 2 aliphatic heterocycles. The molecule has 5 rings (SSSR count). The minimum Gasteiger partial charge on any atom is -0.355 e. The molecular weight excluding hydrogens is 373 g/mol. The number of likely N-dealkylation sites (tertiary alicyclic amines) is 1. The monoisotopic (exact) mass is 395 g/mol. The second-order valence-corrected chi connectivity index (χ2v) is 8.05. The zero-order valence-corrected chi connectivity index (χ0v) is 16.3. The van der Waals surface area contributed by atoms with Gasteiger partial charge in [0.25, 0.3) is 5.91 Å². The molecule has 2 saturated heterocycles. The second-order valence-electron chi connectivity index (χ2n) is 8.05. The van der Waals surface area contributed by atoms with Crippen LogP contribution in [0.15, 0.2) is 30.9 Å². The molecule has 0 aromatic carbocycles. The maximum absolute atomic E-state index is 14.2. The Hall–Kier alpha value is -3.07. The van der Waals surface area contributed by atoms with E-state index < -0.39 is 11.7 Å². The maximum Gasteiger partial charge on any atom is 0.275 e. The van der Waals surface area contributed by atoms with Crippen LogP contribution in [0, 0.1) is 24.6 Å². The lowest BCUT2D eigenvalue weighted by Gasteiger charge is -2.19. The van der Waals surface area contributed by atoms with E-state index in [1.165, 1.54) is 12.3 Å². The Morgan fingerprint density at radius 2 is 1.90 bits per heavy atom. The fourth-order valence-corrected chi connectivity index (χ4v) is 4.46. The van der Waals surface area contributed by atoms with Gasteiger partial charge in [0.1, 0.15) is 11.5 Å². The number of pyridine rings is 1. The highest BCUT2D eigenvalue weighted by atomic mass is 19.1. The number of aromatic nitrogens is 4. The molecule has 2 atom stereocenters. The number of halogens is 1. The van der Waals surface area contributed by atoms with E-state index in [4.69, 9.17) is 0 Å². The van der Waals surface area contributed by atoms with Crippen molar-refractivity contribution < 1.29 is 9.18 Å². The van der Waals surface area contributed by atoms with Crippen LogP contribution in [0.3, 0.4) is 0 Å². The summed E-state index contributed by atoms with van der Waals surface area (Å²) < 4.78 is 15.7. The summed E-state index contributed by atoms with van der Waals surface area (Å²) in [5.41, 5.74) is 1.45. The molecule has 0 aliphatic carbocycles. The van der Waals surface area contributed by atoms with Crippen LogP contribution in [-0.4, -0.2) is 63.4 Å². The van der Waals surface area contributed by atoms with Crippen LogP contribution in [0.1, 0.15) is 16.2 Å². The van der Waals surface area contributed by atoms with E-state index in [0.29, 0.717) is 23.2 Å². The summed E-state index contributed by atoms with van der Waals surface area (Å²) in [5, 5.41) is 2.68. The Bertz CT molecular complexity index is 1070. The zero-order valence-electron chi connectivity index (χ0n) is 16.3. The van der Waals surface area contributed by atoms with Crippen molar-refractivity contribution in [2.24, 2.45) is 11.8 Å². The Morgan fingerprint density at radius 3 is 2.59 bits per heavy atom. The number of fused-ring (bicyclic) bond motifs is 2. The summed E-state index contributed by atoms with van der Waals surface area (Å²) in [6.45, 7) is 5.96. The van der Waals surface area contributed by atoms with Crippen molar-refractivity contribution in [3.05, 3.63) is 48.1 Å².